The van der Waals surface area contributed by atoms with Crippen molar-refractivity contribution in [3.05, 3.63) is 48.0 Å². The van der Waals surface area contributed by atoms with E-state index in [2.05, 4.69) is 10.6 Å². The molecule has 3 heterocycles. The highest BCUT2D eigenvalue weighted by atomic mass is 16.7. The minimum atomic E-state index is -0.829. The number of nitrogens with one attached hydrogen (secondary N) is 2. The maximum atomic E-state index is 13.7. The quantitative estimate of drug-likeness (QED) is 0.484. The monoisotopic (exact) mass is 469 g/mol. The number of esters is 1. The van der Waals surface area contributed by atoms with Crippen LogP contribution in [-0.2, 0) is 23.9 Å². The van der Waals surface area contributed by atoms with Gasteiger partial charge >= 0.3 is 5.97 Å². The summed E-state index contributed by atoms with van der Waals surface area (Å²) in [5, 5.41) is 5.73. The van der Waals surface area contributed by atoms with Gasteiger partial charge in [-0.25, -0.2) is 0 Å². The van der Waals surface area contributed by atoms with Crippen molar-refractivity contribution in [2.45, 2.75) is 75.9 Å². The molecule has 2 saturated heterocycles. The van der Waals surface area contributed by atoms with Crippen LogP contribution in [0.15, 0.2) is 42.5 Å². The number of benzene rings is 1. The minimum Gasteiger partial charge on any atom is -0.433 e. The highest BCUT2D eigenvalue weighted by Crippen LogP contribution is 2.29. The number of carbonyl (C=O) groups excluding carboxylic acids is 4. The number of hydrogen-bond acceptors (Lipinski definition) is 6. The van der Waals surface area contributed by atoms with E-state index in [-0.39, 0.29) is 30.2 Å². The predicted octanol–water partition coefficient (Wildman–Crippen LogP) is 1.68. The highest BCUT2D eigenvalue weighted by Gasteiger charge is 2.43. The van der Waals surface area contributed by atoms with E-state index in [4.69, 9.17) is 9.47 Å². The second-order valence-electron chi connectivity index (χ2n) is 8.81. The molecule has 0 saturated carbocycles. The van der Waals surface area contributed by atoms with Gasteiger partial charge in [0.2, 0.25) is 18.1 Å². The lowest BCUT2D eigenvalue weighted by atomic mass is 9.90. The van der Waals surface area contributed by atoms with Crippen molar-refractivity contribution in [3.8, 4) is 0 Å². The van der Waals surface area contributed by atoms with Crippen LogP contribution >= 0.6 is 0 Å². The normalized spacial score (nSPS) is 29.9. The molecule has 0 radical (unpaired) electrons. The van der Waals surface area contributed by atoms with Gasteiger partial charge in [-0.15, -0.1) is 0 Å². The fourth-order valence-electron chi connectivity index (χ4n) is 4.87. The van der Waals surface area contributed by atoms with E-state index in [1.807, 2.05) is 18.2 Å². The highest BCUT2D eigenvalue weighted by molar-refractivity contribution is 5.98. The van der Waals surface area contributed by atoms with E-state index in [0.717, 1.165) is 12.8 Å². The van der Waals surface area contributed by atoms with Gasteiger partial charge in [0.25, 0.3) is 5.91 Å². The third-order valence-electron chi connectivity index (χ3n) is 6.51. The van der Waals surface area contributed by atoms with Crippen LogP contribution in [0.25, 0.3) is 0 Å². The topological polar surface area (TPSA) is 114 Å². The summed E-state index contributed by atoms with van der Waals surface area (Å²) in [4.78, 5) is 53.1. The number of cyclic esters (lactones) is 1. The lowest BCUT2D eigenvalue weighted by Gasteiger charge is -2.43. The van der Waals surface area contributed by atoms with Crippen molar-refractivity contribution in [3.63, 3.8) is 0 Å². The summed E-state index contributed by atoms with van der Waals surface area (Å²) in [5.74, 6) is -1.35. The van der Waals surface area contributed by atoms with Crippen LogP contribution in [-0.4, -0.2) is 65.7 Å². The summed E-state index contributed by atoms with van der Waals surface area (Å²) in [6.45, 7) is 2.13. The molecule has 2 N–H and O–H groups in total. The first-order valence-electron chi connectivity index (χ1n) is 11.9. The average molecular weight is 470 g/mol. The minimum absolute atomic E-state index is 0.0268. The van der Waals surface area contributed by atoms with Gasteiger partial charge < -0.3 is 25.0 Å². The molecule has 3 amide bonds. The zero-order chi connectivity index (χ0) is 24.1. The molecule has 1 aromatic rings. The Labute approximate surface area is 198 Å². The number of fused-ring (bicyclic) bond motifs is 1. The van der Waals surface area contributed by atoms with Crippen LogP contribution in [0.5, 0.6) is 0 Å². The van der Waals surface area contributed by atoms with Gasteiger partial charge in [0.1, 0.15) is 18.1 Å². The van der Waals surface area contributed by atoms with Gasteiger partial charge in [-0.3, -0.25) is 19.2 Å². The molecular formula is C25H31N3O6. The number of ether oxygens (including phenoxy) is 2. The largest absolute Gasteiger partial charge is 0.433 e. The fourth-order valence-corrected chi connectivity index (χ4v) is 4.87. The number of piperidine rings is 1. The molecule has 3 aliphatic rings. The van der Waals surface area contributed by atoms with Crippen molar-refractivity contribution in [1.29, 1.82) is 0 Å². The molecule has 5 atom stereocenters. The summed E-state index contributed by atoms with van der Waals surface area (Å²) in [5.41, 5.74) is 0.471. The van der Waals surface area contributed by atoms with Gasteiger partial charge in [0, 0.05) is 18.2 Å². The zero-order valence-electron chi connectivity index (χ0n) is 19.3. The molecule has 0 aromatic heterocycles. The Morgan fingerprint density at radius 1 is 1.09 bits per heavy atom. The van der Waals surface area contributed by atoms with Crippen LogP contribution in [0.4, 0.5) is 0 Å². The van der Waals surface area contributed by atoms with Crippen molar-refractivity contribution >= 4 is 23.7 Å². The number of carbonyl (C=O) groups is 4. The van der Waals surface area contributed by atoms with Crippen molar-refractivity contribution < 1.29 is 28.7 Å². The number of rotatable bonds is 6. The fraction of sp³-hybridized carbons (Fsp3) is 0.520. The maximum absolute atomic E-state index is 13.7. The van der Waals surface area contributed by atoms with Crippen LogP contribution < -0.4 is 10.6 Å². The lowest BCUT2D eigenvalue weighted by Crippen LogP contribution is -2.62. The van der Waals surface area contributed by atoms with Gasteiger partial charge in [0.05, 0.1) is 6.42 Å². The molecule has 9 nitrogen and oxygen atoms in total. The molecule has 0 bridgehead atoms. The maximum Gasteiger partial charge on any atom is 0.310 e. The Bertz CT molecular complexity index is 949. The standard InChI is InChI=1S/C25H31N3O6/c1-2-33-25-19(15-21(29)34-25)27-23(31)20-14-8-12-17-11-6-7-13-18(24(32)28(17)20)26-22(30)16-9-4-3-5-10-16/h3-7,9-10,17-20,25H,2,8,11-15H2,1H3,(H,26,30)(H,27,31)/b7-6-/t17-,18-,19?,20-,25?/m0/s1. The molecule has 2 fully saturated rings. The molecule has 34 heavy (non-hydrogen) atoms. The van der Waals surface area contributed by atoms with E-state index in [1.165, 1.54) is 0 Å². The predicted molar refractivity (Wildman–Crippen MR) is 122 cm³/mol. The van der Waals surface area contributed by atoms with E-state index in [0.29, 0.717) is 31.4 Å². The summed E-state index contributed by atoms with van der Waals surface area (Å²) in [6.07, 6.45) is 6.24. The van der Waals surface area contributed by atoms with Gasteiger partial charge in [-0.2, -0.15) is 0 Å². The Balaban J connectivity index is 1.51. The summed E-state index contributed by atoms with van der Waals surface area (Å²) < 4.78 is 10.6. The van der Waals surface area contributed by atoms with Crippen molar-refractivity contribution in [2.24, 2.45) is 0 Å². The molecule has 0 aliphatic carbocycles. The van der Waals surface area contributed by atoms with E-state index in [1.54, 1.807) is 36.1 Å². The first-order valence-corrected chi connectivity index (χ1v) is 11.9. The second-order valence-corrected chi connectivity index (χ2v) is 8.81. The third kappa shape index (κ3) is 5.30. The number of hydrogen-bond donors (Lipinski definition) is 2. The molecule has 3 aliphatic heterocycles. The van der Waals surface area contributed by atoms with Crippen LogP contribution in [0.2, 0.25) is 0 Å². The Morgan fingerprint density at radius 3 is 2.62 bits per heavy atom. The number of amides is 3. The molecule has 9 heteroatoms. The smallest absolute Gasteiger partial charge is 0.310 e. The first-order chi connectivity index (χ1) is 16.5. The van der Waals surface area contributed by atoms with Crippen LogP contribution in [0.3, 0.4) is 0 Å². The lowest BCUT2D eigenvalue weighted by molar-refractivity contribution is -0.165. The van der Waals surface area contributed by atoms with E-state index >= 15 is 0 Å². The molecule has 2 unspecified atom stereocenters. The number of nitrogens with zero attached hydrogens (tertiary/aromatic N) is 1. The molecule has 4 rings (SSSR count). The van der Waals surface area contributed by atoms with Gasteiger partial charge in [-0.1, -0.05) is 30.4 Å². The Morgan fingerprint density at radius 2 is 1.85 bits per heavy atom. The van der Waals surface area contributed by atoms with Gasteiger partial charge in [0.15, 0.2) is 0 Å². The average Bonchev–Trinajstić information content (AvgIpc) is 3.18. The summed E-state index contributed by atoms with van der Waals surface area (Å²) in [7, 11) is 0. The summed E-state index contributed by atoms with van der Waals surface area (Å²) in [6, 6.07) is 6.55. The second kappa shape index (κ2) is 10.8. The first kappa shape index (κ1) is 23.9. The molecule has 1 aromatic carbocycles. The van der Waals surface area contributed by atoms with E-state index in [9.17, 15) is 19.2 Å². The molecule has 182 valence electrons. The Kier molecular flexibility index (Phi) is 7.62. The van der Waals surface area contributed by atoms with Crippen LogP contribution in [0.1, 0.15) is 55.8 Å². The van der Waals surface area contributed by atoms with Crippen molar-refractivity contribution in [2.75, 3.05) is 6.61 Å². The third-order valence-corrected chi connectivity index (χ3v) is 6.51. The van der Waals surface area contributed by atoms with Gasteiger partial charge in [-0.05, 0) is 51.2 Å². The van der Waals surface area contributed by atoms with E-state index < -0.39 is 30.4 Å². The SMILES string of the molecule is CCOC1OC(=O)CC1NC(=O)[C@@H]1CCC[C@@H]2C/C=C\C[C@H](NC(=O)c3ccccc3)C(=O)N21. The molecule has 0 spiro atoms. The zero-order valence-corrected chi connectivity index (χ0v) is 19.3. The Hall–Kier alpha value is -3.20. The van der Waals surface area contributed by atoms with Crippen LogP contribution in [0, 0.1) is 0 Å². The van der Waals surface area contributed by atoms with Crippen molar-refractivity contribution in [1.82, 2.24) is 15.5 Å². The summed E-state index contributed by atoms with van der Waals surface area (Å²) >= 11 is 0. The molecular weight excluding hydrogens is 438 g/mol.